The Bertz CT molecular complexity index is 614. The lowest BCUT2D eigenvalue weighted by atomic mass is 9.97. The van der Waals surface area contributed by atoms with Crippen molar-refractivity contribution in [3.05, 3.63) is 40.9 Å². The Morgan fingerprint density at radius 2 is 1.95 bits per heavy atom. The van der Waals surface area contributed by atoms with Crippen LogP contribution in [0.5, 0.6) is 0 Å². The molecule has 0 saturated carbocycles. The van der Waals surface area contributed by atoms with E-state index in [1.807, 2.05) is 29.6 Å². The second-order valence-corrected chi connectivity index (χ2v) is 7.22. The van der Waals surface area contributed by atoms with Crippen molar-refractivity contribution in [1.29, 1.82) is 0 Å². The molecular weight excluding hydrogens is 304 g/mol. The second-order valence-electron chi connectivity index (χ2n) is 6.10. The molecule has 1 aromatic carbocycles. The van der Waals surface area contributed by atoms with Crippen LogP contribution in [0.1, 0.15) is 36.8 Å². The maximum atomic E-state index is 12.0. The number of rotatable bonds is 4. The molecule has 0 saturated heterocycles. The van der Waals surface area contributed by atoms with Crippen LogP contribution in [0, 0.1) is 5.41 Å². The smallest absolute Gasteiger partial charge is 0.251 e. The van der Waals surface area contributed by atoms with E-state index in [0.717, 1.165) is 16.3 Å². The van der Waals surface area contributed by atoms with Crippen LogP contribution in [0.25, 0.3) is 10.6 Å². The molecular formula is C16H19ClN2OS. The molecule has 0 aliphatic rings. The predicted molar refractivity (Wildman–Crippen MR) is 88.9 cm³/mol. The summed E-state index contributed by atoms with van der Waals surface area (Å²) in [5.74, 6) is 0.376. The first-order valence-corrected chi connectivity index (χ1v) is 8.19. The number of benzene rings is 1. The number of carbonyl (C=O) groups is 1. The molecule has 0 bridgehead atoms. The molecule has 0 spiro atoms. The first kappa shape index (κ1) is 16.0. The van der Waals surface area contributed by atoms with Gasteiger partial charge in [-0.15, -0.1) is 22.9 Å². The molecule has 1 N–H and O–H groups in total. The number of hydrogen-bond donors (Lipinski definition) is 1. The molecule has 0 radical (unpaired) electrons. The van der Waals surface area contributed by atoms with Crippen LogP contribution in [-0.2, 0) is 5.88 Å². The zero-order chi connectivity index (χ0) is 15.5. The van der Waals surface area contributed by atoms with Gasteiger partial charge in [-0.2, -0.15) is 0 Å². The summed E-state index contributed by atoms with van der Waals surface area (Å²) in [6, 6.07) is 7.50. The van der Waals surface area contributed by atoms with Crippen molar-refractivity contribution in [2.24, 2.45) is 5.41 Å². The van der Waals surface area contributed by atoms with Gasteiger partial charge in [0.15, 0.2) is 0 Å². The molecule has 0 fully saturated rings. The monoisotopic (exact) mass is 322 g/mol. The van der Waals surface area contributed by atoms with Crippen molar-refractivity contribution in [2.75, 3.05) is 6.54 Å². The van der Waals surface area contributed by atoms with E-state index in [9.17, 15) is 4.79 Å². The van der Waals surface area contributed by atoms with Crippen LogP contribution < -0.4 is 5.32 Å². The van der Waals surface area contributed by atoms with E-state index in [4.69, 9.17) is 11.6 Å². The summed E-state index contributed by atoms with van der Waals surface area (Å²) in [6.45, 7) is 6.92. The van der Waals surface area contributed by atoms with Crippen molar-refractivity contribution >= 4 is 28.8 Å². The third-order valence-corrected chi connectivity index (χ3v) is 4.08. The number of nitrogens with one attached hydrogen (secondary N) is 1. The molecule has 21 heavy (non-hydrogen) atoms. The summed E-state index contributed by atoms with van der Waals surface area (Å²) in [5.41, 5.74) is 2.62. The normalized spacial score (nSPS) is 11.4. The average molecular weight is 323 g/mol. The standard InChI is InChI=1S/C16H19ClN2OS/c1-16(2,3)10-18-14(20)11-4-6-12(7-5-11)15-19-13(8-17)9-21-15/h4-7,9H,8,10H2,1-3H3,(H,18,20). The third-order valence-electron chi connectivity index (χ3n) is 2.86. The first-order chi connectivity index (χ1) is 9.89. The minimum absolute atomic E-state index is 0.0444. The number of hydrogen-bond acceptors (Lipinski definition) is 3. The quantitative estimate of drug-likeness (QED) is 0.851. The topological polar surface area (TPSA) is 42.0 Å². The van der Waals surface area contributed by atoms with Crippen molar-refractivity contribution in [1.82, 2.24) is 10.3 Å². The summed E-state index contributed by atoms with van der Waals surface area (Å²) in [4.78, 5) is 16.5. The highest BCUT2D eigenvalue weighted by Crippen LogP contribution is 2.24. The lowest BCUT2D eigenvalue weighted by Gasteiger charge is -2.18. The SMILES string of the molecule is CC(C)(C)CNC(=O)c1ccc(-c2nc(CCl)cs2)cc1. The molecule has 0 aliphatic carbocycles. The summed E-state index contributed by atoms with van der Waals surface area (Å²) >= 11 is 7.32. The molecule has 0 unspecified atom stereocenters. The second kappa shape index (κ2) is 6.58. The molecule has 5 heteroatoms. The van der Waals surface area contributed by atoms with Crippen LogP contribution in [0.15, 0.2) is 29.6 Å². The van der Waals surface area contributed by atoms with Gasteiger partial charge in [-0.3, -0.25) is 4.79 Å². The molecule has 1 aromatic heterocycles. The highest BCUT2D eigenvalue weighted by molar-refractivity contribution is 7.13. The van der Waals surface area contributed by atoms with Crippen LogP contribution in [0.4, 0.5) is 0 Å². The molecule has 2 rings (SSSR count). The Morgan fingerprint density at radius 3 is 2.48 bits per heavy atom. The van der Waals surface area contributed by atoms with Gasteiger partial charge in [0.2, 0.25) is 0 Å². The third kappa shape index (κ3) is 4.55. The van der Waals surface area contributed by atoms with Crippen LogP contribution in [-0.4, -0.2) is 17.4 Å². The summed E-state index contributed by atoms with van der Waals surface area (Å²) in [7, 11) is 0. The van der Waals surface area contributed by atoms with Gasteiger partial charge in [0, 0.05) is 23.1 Å². The highest BCUT2D eigenvalue weighted by atomic mass is 35.5. The Morgan fingerprint density at radius 1 is 1.29 bits per heavy atom. The maximum Gasteiger partial charge on any atom is 0.251 e. The lowest BCUT2D eigenvalue weighted by Crippen LogP contribution is -2.32. The zero-order valence-electron chi connectivity index (χ0n) is 12.4. The van der Waals surface area contributed by atoms with Crippen LogP contribution >= 0.6 is 22.9 Å². The minimum Gasteiger partial charge on any atom is -0.352 e. The fraction of sp³-hybridized carbons (Fsp3) is 0.375. The maximum absolute atomic E-state index is 12.0. The van der Waals surface area contributed by atoms with E-state index in [-0.39, 0.29) is 11.3 Å². The molecule has 1 heterocycles. The van der Waals surface area contributed by atoms with Gasteiger partial charge in [0.05, 0.1) is 11.6 Å². The number of amides is 1. The minimum atomic E-state index is -0.0444. The van der Waals surface area contributed by atoms with Gasteiger partial charge in [-0.1, -0.05) is 32.9 Å². The molecule has 0 aliphatic heterocycles. The van der Waals surface area contributed by atoms with Crippen molar-refractivity contribution in [2.45, 2.75) is 26.7 Å². The molecule has 1 amide bonds. The Kier molecular flexibility index (Phi) is 5.01. The van der Waals surface area contributed by atoms with Crippen LogP contribution in [0.3, 0.4) is 0 Å². The van der Waals surface area contributed by atoms with Gasteiger partial charge in [-0.25, -0.2) is 4.98 Å². The molecule has 3 nitrogen and oxygen atoms in total. The first-order valence-electron chi connectivity index (χ1n) is 6.78. The zero-order valence-corrected chi connectivity index (χ0v) is 14.0. The van der Waals surface area contributed by atoms with Gasteiger partial charge in [0.25, 0.3) is 5.91 Å². The van der Waals surface area contributed by atoms with Gasteiger partial charge in [0.1, 0.15) is 5.01 Å². The Labute approximate surface area is 134 Å². The summed E-state index contributed by atoms with van der Waals surface area (Å²) in [6.07, 6.45) is 0. The van der Waals surface area contributed by atoms with E-state index in [2.05, 4.69) is 31.1 Å². The average Bonchev–Trinajstić information content (AvgIpc) is 2.93. The number of thiazole rings is 1. The van der Waals surface area contributed by atoms with Crippen molar-refractivity contribution in [3.8, 4) is 10.6 Å². The Hall–Kier alpha value is -1.39. The molecule has 112 valence electrons. The van der Waals surface area contributed by atoms with E-state index in [1.165, 1.54) is 0 Å². The van der Waals surface area contributed by atoms with Gasteiger partial charge >= 0.3 is 0 Å². The van der Waals surface area contributed by atoms with E-state index >= 15 is 0 Å². The number of halogens is 1. The predicted octanol–water partition coefficient (Wildman–Crippen LogP) is 4.32. The molecule has 2 aromatic rings. The Balaban J connectivity index is 2.06. The van der Waals surface area contributed by atoms with Gasteiger partial charge in [-0.05, 0) is 17.5 Å². The largest absolute Gasteiger partial charge is 0.352 e. The number of aromatic nitrogens is 1. The fourth-order valence-corrected chi connectivity index (χ4v) is 2.77. The molecule has 0 atom stereocenters. The van der Waals surface area contributed by atoms with E-state index in [1.54, 1.807) is 11.3 Å². The van der Waals surface area contributed by atoms with Crippen molar-refractivity contribution < 1.29 is 4.79 Å². The fourth-order valence-electron chi connectivity index (χ4n) is 1.71. The van der Waals surface area contributed by atoms with Crippen molar-refractivity contribution in [3.63, 3.8) is 0 Å². The number of nitrogens with zero attached hydrogens (tertiary/aromatic N) is 1. The summed E-state index contributed by atoms with van der Waals surface area (Å²) < 4.78 is 0. The van der Waals surface area contributed by atoms with Gasteiger partial charge < -0.3 is 5.32 Å². The highest BCUT2D eigenvalue weighted by Gasteiger charge is 2.13. The lowest BCUT2D eigenvalue weighted by molar-refractivity contribution is 0.0939. The number of alkyl halides is 1. The van der Waals surface area contributed by atoms with Crippen LogP contribution in [0.2, 0.25) is 0 Å². The van der Waals surface area contributed by atoms with E-state index < -0.39 is 0 Å². The van der Waals surface area contributed by atoms with E-state index in [0.29, 0.717) is 18.0 Å². The number of carbonyl (C=O) groups excluding carboxylic acids is 1. The summed E-state index contributed by atoms with van der Waals surface area (Å²) in [5, 5.41) is 5.82.